The molecule has 0 spiro atoms. The average molecular weight is 277 g/mol. The molecule has 0 saturated carbocycles. The summed E-state index contributed by atoms with van der Waals surface area (Å²) in [6.07, 6.45) is 9.68. The van der Waals surface area contributed by atoms with Gasteiger partial charge in [-0.3, -0.25) is 9.36 Å². The van der Waals surface area contributed by atoms with E-state index >= 15 is 0 Å². The Bertz CT molecular complexity index is 770. The largest absolute Gasteiger partial charge is 0.319 e. The Morgan fingerprint density at radius 3 is 2.29 bits per heavy atom. The first-order valence-electron chi connectivity index (χ1n) is 6.93. The molecule has 5 heteroatoms. The summed E-state index contributed by atoms with van der Waals surface area (Å²) in [6.45, 7) is 1.54. The lowest BCUT2D eigenvalue weighted by atomic mass is 10.2. The summed E-state index contributed by atoms with van der Waals surface area (Å²) in [7, 11) is 0. The number of aromatic nitrogens is 5. The van der Waals surface area contributed by atoms with Gasteiger partial charge in [-0.05, 0) is 35.9 Å². The van der Waals surface area contributed by atoms with Crippen molar-refractivity contribution in [3.8, 4) is 0 Å². The molecule has 0 atom stereocenters. The van der Waals surface area contributed by atoms with Crippen LogP contribution in [0.2, 0.25) is 0 Å². The van der Waals surface area contributed by atoms with E-state index in [9.17, 15) is 0 Å². The van der Waals surface area contributed by atoms with Gasteiger partial charge in [-0.2, -0.15) is 10.2 Å². The van der Waals surface area contributed by atoms with Crippen molar-refractivity contribution in [1.82, 2.24) is 24.0 Å². The number of pyridine rings is 1. The lowest BCUT2D eigenvalue weighted by Crippen LogP contribution is -2.02. The van der Waals surface area contributed by atoms with Crippen molar-refractivity contribution in [3.63, 3.8) is 0 Å². The van der Waals surface area contributed by atoms with Crippen LogP contribution >= 0.6 is 0 Å². The van der Waals surface area contributed by atoms with Crippen LogP contribution in [0.15, 0.2) is 67.4 Å². The van der Waals surface area contributed by atoms with Crippen molar-refractivity contribution >= 4 is 5.52 Å². The van der Waals surface area contributed by atoms with Crippen LogP contribution in [0, 0.1) is 0 Å². The number of rotatable bonds is 4. The summed E-state index contributed by atoms with van der Waals surface area (Å²) >= 11 is 0. The first-order valence-corrected chi connectivity index (χ1v) is 6.93. The average Bonchev–Trinajstić information content (AvgIpc) is 3.23. The Morgan fingerprint density at radius 1 is 0.810 bits per heavy atom. The topological polar surface area (TPSA) is 40.0 Å². The Labute approximate surface area is 122 Å². The van der Waals surface area contributed by atoms with Gasteiger partial charge in [0.2, 0.25) is 0 Å². The lowest BCUT2D eigenvalue weighted by Gasteiger charge is -2.03. The summed E-state index contributed by atoms with van der Waals surface area (Å²) in [6, 6.07) is 12.4. The molecule has 4 aromatic rings. The van der Waals surface area contributed by atoms with E-state index < -0.39 is 0 Å². The zero-order valence-corrected chi connectivity index (χ0v) is 11.5. The molecule has 4 aromatic heterocycles. The molecule has 0 aliphatic rings. The van der Waals surface area contributed by atoms with Crippen LogP contribution in [0.4, 0.5) is 0 Å². The minimum Gasteiger partial charge on any atom is -0.319 e. The Morgan fingerprint density at radius 2 is 1.57 bits per heavy atom. The molecule has 21 heavy (non-hydrogen) atoms. The Kier molecular flexibility index (Phi) is 2.81. The molecule has 0 fully saturated rings. The van der Waals surface area contributed by atoms with Crippen molar-refractivity contribution in [1.29, 1.82) is 0 Å². The van der Waals surface area contributed by atoms with Crippen molar-refractivity contribution in [2.24, 2.45) is 0 Å². The molecule has 0 radical (unpaired) electrons. The van der Waals surface area contributed by atoms with E-state index in [4.69, 9.17) is 0 Å². The van der Waals surface area contributed by atoms with Crippen LogP contribution in [0.25, 0.3) is 5.52 Å². The fraction of sp³-hybridized carbons (Fsp3) is 0.125. The van der Waals surface area contributed by atoms with Gasteiger partial charge in [-0.15, -0.1) is 0 Å². The van der Waals surface area contributed by atoms with E-state index in [0.29, 0.717) is 0 Å². The Hall–Kier alpha value is -2.82. The molecule has 0 unspecified atom stereocenters. The third kappa shape index (κ3) is 2.23. The zero-order chi connectivity index (χ0) is 14.1. The van der Waals surface area contributed by atoms with Gasteiger partial charge >= 0.3 is 0 Å². The van der Waals surface area contributed by atoms with Gasteiger partial charge in [-0.1, -0.05) is 6.07 Å². The van der Waals surface area contributed by atoms with Gasteiger partial charge in [0, 0.05) is 36.7 Å². The molecule has 0 aliphatic heterocycles. The smallest absolute Gasteiger partial charge is 0.0814 e. The van der Waals surface area contributed by atoms with E-state index in [1.807, 2.05) is 40.1 Å². The van der Waals surface area contributed by atoms with Gasteiger partial charge in [0.15, 0.2) is 0 Å². The summed E-state index contributed by atoms with van der Waals surface area (Å²) in [4.78, 5) is 0. The van der Waals surface area contributed by atoms with E-state index in [-0.39, 0.29) is 0 Å². The molecular formula is C16H15N5. The molecular weight excluding hydrogens is 262 g/mol. The normalized spacial score (nSPS) is 11.2. The highest BCUT2D eigenvalue weighted by Crippen LogP contribution is 2.18. The van der Waals surface area contributed by atoms with E-state index in [2.05, 4.69) is 45.1 Å². The van der Waals surface area contributed by atoms with Crippen molar-refractivity contribution in [2.45, 2.75) is 13.1 Å². The third-order valence-electron chi connectivity index (χ3n) is 3.61. The first-order chi connectivity index (χ1) is 10.4. The van der Waals surface area contributed by atoms with Crippen molar-refractivity contribution in [2.75, 3.05) is 0 Å². The SMILES string of the molecule is c1ccn2c(Cn3cccn3)cc(Cn3cccn3)c2c1. The van der Waals surface area contributed by atoms with Gasteiger partial charge in [0.25, 0.3) is 0 Å². The van der Waals surface area contributed by atoms with Crippen molar-refractivity contribution in [3.05, 3.63) is 78.6 Å². The zero-order valence-electron chi connectivity index (χ0n) is 11.5. The highest BCUT2D eigenvalue weighted by atomic mass is 15.3. The molecule has 0 N–H and O–H groups in total. The summed E-state index contributed by atoms with van der Waals surface area (Å²) in [5.74, 6) is 0. The maximum absolute atomic E-state index is 4.29. The fourth-order valence-corrected chi connectivity index (χ4v) is 2.68. The fourth-order valence-electron chi connectivity index (χ4n) is 2.68. The molecule has 5 nitrogen and oxygen atoms in total. The van der Waals surface area contributed by atoms with Crippen molar-refractivity contribution < 1.29 is 0 Å². The summed E-state index contributed by atoms with van der Waals surface area (Å²) < 4.78 is 6.10. The molecule has 0 amide bonds. The second kappa shape index (κ2) is 4.94. The second-order valence-electron chi connectivity index (χ2n) is 5.02. The van der Waals surface area contributed by atoms with Gasteiger partial charge in [0.05, 0.1) is 18.6 Å². The Balaban J connectivity index is 1.77. The predicted molar refractivity (Wildman–Crippen MR) is 80.1 cm³/mol. The van der Waals surface area contributed by atoms with Crippen LogP contribution in [0.1, 0.15) is 11.3 Å². The summed E-state index contributed by atoms with van der Waals surface area (Å²) in [5, 5.41) is 8.58. The number of nitrogens with zero attached hydrogens (tertiary/aromatic N) is 5. The molecule has 4 heterocycles. The van der Waals surface area contributed by atoms with Gasteiger partial charge in [0.1, 0.15) is 0 Å². The van der Waals surface area contributed by atoms with Crippen LogP contribution in [-0.2, 0) is 13.1 Å². The number of hydrogen-bond acceptors (Lipinski definition) is 2. The van der Waals surface area contributed by atoms with Crippen LogP contribution in [0.5, 0.6) is 0 Å². The molecule has 104 valence electrons. The lowest BCUT2D eigenvalue weighted by molar-refractivity contribution is 0.668. The monoisotopic (exact) mass is 277 g/mol. The van der Waals surface area contributed by atoms with Crippen LogP contribution in [0.3, 0.4) is 0 Å². The predicted octanol–water partition coefficient (Wildman–Crippen LogP) is 2.43. The van der Waals surface area contributed by atoms with Gasteiger partial charge in [-0.25, -0.2) is 0 Å². The highest BCUT2D eigenvalue weighted by Gasteiger charge is 2.09. The van der Waals surface area contributed by atoms with Crippen LogP contribution in [-0.4, -0.2) is 24.0 Å². The molecule has 4 rings (SSSR count). The van der Waals surface area contributed by atoms with Crippen LogP contribution < -0.4 is 0 Å². The second-order valence-corrected chi connectivity index (χ2v) is 5.02. The summed E-state index contributed by atoms with van der Waals surface area (Å²) in [5.41, 5.74) is 3.70. The molecule has 0 saturated heterocycles. The van der Waals surface area contributed by atoms with E-state index in [1.54, 1.807) is 6.20 Å². The number of fused-ring (bicyclic) bond motifs is 1. The number of hydrogen-bond donors (Lipinski definition) is 0. The van der Waals surface area contributed by atoms with Gasteiger partial charge < -0.3 is 4.40 Å². The third-order valence-corrected chi connectivity index (χ3v) is 3.61. The molecule has 0 aliphatic carbocycles. The van der Waals surface area contributed by atoms with E-state index in [1.165, 1.54) is 16.8 Å². The minimum atomic E-state index is 0.761. The first kappa shape index (κ1) is 12.0. The minimum absolute atomic E-state index is 0.761. The maximum atomic E-state index is 4.29. The molecule has 0 bridgehead atoms. The molecule has 0 aromatic carbocycles. The standard InChI is InChI=1S/C16H15N5/c1-2-10-21-15(13-20-9-4-7-18-20)11-14(16(21)5-1)12-19-8-3-6-17-19/h1-11H,12-13H2. The quantitative estimate of drug-likeness (QED) is 0.575. The highest BCUT2D eigenvalue weighted by molar-refractivity contribution is 5.57. The maximum Gasteiger partial charge on any atom is 0.0814 e. The van der Waals surface area contributed by atoms with E-state index in [0.717, 1.165) is 13.1 Å².